The van der Waals surface area contributed by atoms with E-state index in [1.165, 1.54) is 11.8 Å². The minimum absolute atomic E-state index is 0.0532. The van der Waals surface area contributed by atoms with E-state index < -0.39 is 11.6 Å². The monoisotopic (exact) mass is 397 g/mol. The Kier molecular flexibility index (Phi) is 4.63. The van der Waals surface area contributed by atoms with Crippen LogP contribution in [0, 0.1) is 0 Å². The van der Waals surface area contributed by atoms with E-state index in [1.54, 1.807) is 4.90 Å². The minimum atomic E-state index is -0.827. The fourth-order valence-corrected chi connectivity index (χ4v) is 3.85. The summed E-state index contributed by atoms with van der Waals surface area (Å²) in [7, 11) is 0. The van der Waals surface area contributed by atoms with Crippen LogP contribution >= 0.6 is 27.7 Å². The highest BCUT2D eigenvalue weighted by Crippen LogP contribution is 2.27. The van der Waals surface area contributed by atoms with Gasteiger partial charge >= 0.3 is 6.03 Å². The lowest BCUT2D eigenvalue weighted by Crippen LogP contribution is -2.56. The highest BCUT2D eigenvalue weighted by molar-refractivity contribution is 9.10. The quantitative estimate of drug-likeness (QED) is 0.601. The van der Waals surface area contributed by atoms with Crippen LogP contribution < -0.4 is 10.6 Å². The number of piperidine rings is 1. The summed E-state index contributed by atoms with van der Waals surface area (Å²) in [6.07, 6.45) is 0.915. The third-order valence-electron chi connectivity index (χ3n) is 4.16. The molecule has 122 valence electrons. The van der Waals surface area contributed by atoms with E-state index in [2.05, 4.69) is 26.6 Å². The van der Waals surface area contributed by atoms with Crippen LogP contribution in [0.4, 0.5) is 4.79 Å². The van der Waals surface area contributed by atoms with Gasteiger partial charge in [-0.05, 0) is 37.1 Å². The molecule has 2 fully saturated rings. The Hall–Kier alpha value is -1.54. The maximum atomic E-state index is 12.3. The Morgan fingerprint density at radius 1 is 1.22 bits per heavy atom. The van der Waals surface area contributed by atoms with Gasteiger partial charge in [-0.15, -0.1) is 11.8 Å². The number of carbonyl (C=O) groups excluding carboxylic acids is 3. The first-order chi connectivity index (χ1) is 11.0. The number of benzene rings is 1. The van der Waals surface area contributed by atoms with Gasteiger partial charge in [0.2, 0.25) is 5.91 Å². The average Bonchev–Trinajstić information content (AvgIpc) is 2.81. The summed E-state index contributed by atoms with van der Waals surface area (Å²) in [6, 6.07) is 7.37. The topological polar surface area (TPSA) is 78.5 Å². The van der Waals surface area contributed by atoms with Gasteiger partial charge in [0.25, 0.3) is 5.91 Å². The second kappa shape index (κ2) is 6.52. The van der Waals surface area contributed by atoms with Gasteiger partial charge in [-0.25, -0.2) is 4.79 Å². The van der Waals surface area contributed by atoms with Crippen LogP contribution in [-0.4, -0.2) is 47.1 Å². The maximum absolute atomic E-state index is 12.3. The number of nitrogens with one attached hydrogen (secondary N) is 2. The van der Waals surface area contributed by atoms with Crippen molar-refractivity contribution in [2.45, 2.75) is 23.3 Å². The molecule has 0 aromatic heterocycles. The number of imide groups is 1. The first-order valence-electron chi connectivity index (χ1n) is 7.28. The van der Waals surface area contributed by atoms with E-state index in [9.17, 15) is 14.4 Å². The standard InChI is InChI=1S/C15H16BrN3O3S/c16-10-1-3-11(4-2-10)23-9-12(20)19-7-5-15(6-8-19)13(21)17-14(22)18-15/h1-4H,5-9H2,(H2,17,18,21,22). The van der Waals surface area contributed by atoms with Crippen molar-refractivity contribution in [3.8, 4) is 0 Å². The lowest BCUT2D eigenvalue weighted by Gasteiger charge is -2.36. The second-order valence-corrected chi connectivity index (χ2v) is 7.58. The molecule has 3 rings (SSSR count). The smallest absolute Gasteiger partial charge is 0.322 e. The number of hydrogen-bond acceptors (Lipinski definition) is 4. The minimum Gasteiger partial charge on any atom is -0.342 e. The molecule has 0 aliphatic carbocycles. The normalized spacial score (nSPS) is 19.6. The molecular weight excluding hydrogens is 382 g/mol. The molecule has 1 aromatic rings. The van der Waals surface area contributed by atoms with Gasteiger partial charge in [0.15, 0.2) is 0 Å². The summed E-state index contributed by atoms with van der Waals surface area (Å²) in [6.45, 7) is 0.959. The van der Waals surface area contributed by atoms with Crippen molar-refractivity contribution < 1.29 is 14.4 Å². The molecule has 0 bridgehead atoms. The summed E-state index contributed by atoms with van der Waals surface area (Å²) in [5.74, 6) is 0.143. The van der Waals surface area contributed by atoms with Gasteiger partial charge in [-0.1, -0.05) is 15.9 Å². The van der Waals surface area contributed by atoms with Crippen molar-refractivity contribution in [1.29, 1.82) is 0 Å². The van der Waals surface area contributed by atoms with E-state index in [0.717, 1.165) is 9.37 Å². The number of amides is 4. The first kappa shape index (κ1) is 16.3. The molecule has 0 atom stereocenters. The summed E-state index contributed by atoms with van der Waals surface area (Å²) in [5, 5.41) is 4.97. The van der Waals surface area contributed by atoms with E-state index in [-0.39, 0.29) is 11.8 Å². The van der Waals surface area contributed by atoms with Crippen LogP contribution in [0.5, 0.6) is 0 Å². The van der Waals surface area contributed by atoms with Gasteiger partial charge < -0.3 is 10.2 Å². The summed E-state index contributed by atoms with van der Waals surface area (Å²) in [4.78, 5) is 38.3. The van der Waals surface area contributed by atoms with Crippen molar-refractivity contribution in [2.75, 3.05) is 18.8 Å². The molecule has 0 radical (unpaired) electrons. The third-order valence-corrected chi connectivity index (χ3v) is 5.69. The van der Waals surface area contributed by atoms with Gasteiger partial charge in [0.1, 0.15) is 5.54 Å². The molecule has 0 unspecified atom stereocenters. The largest absolute Gasteiger partial charge is 0.342 e. The Morgan fingerprint density at radius 3 is 2.43 bits per heavy atom. The van der Waals surface area contributed by atoms with Crippen molar-refractivity contribution in [2.24, 2.45) is 0 Å². The highest BCUT2D eigenvalue weighted by Gasteiger charge is 2.48. The highest BCUT2D eigenvalue weighted by atomic mass is 79.9. The van der Waals surface area contributed by atoms with Gasteiger partial charge in [0.05, 0.1) is 5.75 Å². The Bertz CT molecular complexity index is 642. The molecule has 2 heterocycles. The third kappa shape index (κ3) is 3.53. The van der Waals surface area contributed by atoms with Crippen LogP contribution in [0.3, 0.4) is 0 Å². The Morgan fingerprint density at radius 2 is 1.87 bits per heavy atom. The molecule has 0 saturated carbocycles. The summed E-state index contributed by atoms with van der Waals surface area (Å²) in [5.41, 5.74) is -0.827. The number of hydrogen-bond donors (Lipinski definition) is 2. The summed E-state index contributed by atoms with van der Waals surface area (Å²) >= 11 is 4.87. The van der Waals surface area contributed by atoms with Crippen molar-refractivity contribution in [1.82, 2.24) is 15.5 Å². The maximum Gasteiger partial charge on any atom is 0.322 e. The molecule has 2 aliphatic rings. The first-order valence-corrected chi connectivity index (χ1v) is 9.06. The zero-order valence-corrected chi connectivity index (χ0v) is 14.7. The predicted octanol–water partition coefficient (Wildman–Crippen LogP) is 1.74. The fraction of sp³-hybridized carbons (Fsp3) is 0.400. The molecule has 23 heavy (non-hydrogen) atoms. The van der Waals surface area contributed by atoms with Crippen LogP contribution in [0.15, 0.2) is 33.6 Å². The van der Waals surface area contributed by atoms with Gasteiger partial charge in [-0.2, -0.15) is 0 Å². The van der Waals surface area contributed by atoms with Crippen LogP contribution in [-0.2, 0) is 9.59 Å². The number of likely N-dealkylation sites (tertiary alicyclic amines) is 1. The molecule has 2 aliphatic heterocycles. The Balaban J connectivity index is 1.51. The van der Waals surface area contributed by atoms with E-state index in [0.29, 0.717) is 31.7 Å². The van der Waals surface area contributed by atoms with E-state index >= 15 is 0 Å². The molecule has 2 N–H and O–H groups in total. The van der Waals surface area contributed by atoms with Gasteiger partial charge in [0, 0.05) is 22.5 Å². The van der Waals surface area contributed by atoms with E-state index in [1.807, 2.05) is 24.3 Å². The zero-order chi connectivity index (χ0) is 16.4. The SMILES string of the molecule is O=C1NC(=O)C2(CCN(C(=O)CSc3ccc(Br)cc3)CC2)N1. The summed E-state index contributed by atoms with van der Waals surface area (Å²) < 4.78 is 1.01. The number of nitrogens with zero attached hydrogens (tertiary/aromatic N) is 1. The number of halogens is 1. The molecule has 1 spiro atoms. The average molecular weight is 398 g/mol. The van der Waals surface area contributed by atoms with Crippen LogP contribution in [0.2, 0.25) is 0 Å². The van der Waals surface area contributed by atoms with Crippen molar-refractivity contribution in [3.05, 3.63) is 28.7 Å². The number of urea groups is 1. The molecule has 8 heteroatoms. The van der Waals surface area contributed by atoms with Gasteiger partial charge in [-0.3, -0.25) is 14.9 Å². The number of rotatable bonds is 3. The number of carbonyl (C=O) groups is 3. The second-order valence-electron chi connectivity index (χ2n) is 5.61. The lowest BCUT2D eigenvalue weighted by molar-refractivity contribution is -0.133. The Labute approximate surface area is 146 Å². The molecule has 6 nitrogen and oxygen atoms in total. The lowest BCUT2D eigenvalue weighted by atomic mass is 9.88. The zero-order valence-electron chi connectivity index (χ0n) is 12.3. The fourth-order valence-electron chi connectivity index (χ4n) is 2.79. The predicted molar refractivity (Wildman–Crippen MR) is 90.1 cm³/mol. The molecular formula is C15H16BrN3O3S. The van der Waals surface area contributed by atoms with E-state index in [4.69, 9.17) is 0 Å². The molecule has 4 amide bonds. The molecule has 2 saturated heterocycles. The van der Waals surface area contributed by atoms with Crippen LogP contribution in [0.1, 0.15) is 12.8 Å². The number of thioether (sulfide) groups is 1. The van der Waals surface area contributed by atoms with Crippen LogP contribution in [0.25, 0.3) is 0 Å². The van der Waals surface area contributed by atoms with Crippen molar-refractivity contribution in [3.63, 3.8) is 0 Å². The van der Waals surface area contributed by atoms with Crippen molar-refractivity contribution >= 4 is 45.5 Å². The molecule has 1 aromatic carbocycles.